The van der Waals surface area contributed by atoms with E-state index in [2.05, 4.69) is 10.00 Å². The predicted octanol–water partition coefficient (Wildman–Crippen LogP) is 1.92. The molecule has 1 aromatic heterocycles. The molecule has 23 heavy (non-hydrogen) atoms. The number of amides is 1. The summed E-state index contributed by atoms with van der Waals surface area (Å²) in [5, 5.41) is 4.85. The molecule has 0 saturated carbocycles. The Bertz CT molecular complexity index is 635. The third kappa shape index (κ3) is 4.56. The lowest BCUT2D eigenvalue weighted by molar-refractivity contribution is -0.132. The quantitative estimate of drug-likeness (QED) is 0.840. The number of carbonyl (C=O) groups is 1. The highest BCUT2D eigenvalue weighted by molar-refractivity contribution is 6.30. The number of rotatable bonds is 5. The summed E-state index contributed by atoms with van der Waals surface area (Å²) < 4.78 is 1.86. The molecule has 2 aromatic rings. The van der Waals surface area contributed by atoms with E-state index in [9.17, 15) is 4.79 Å². The van der Waals surface area contributed by atoms with Crippen LogP contribution in [-0.4, -0.2) is 58.2 Å². The van der Waals surface area contributed by atoms with E-state index in [0.29, 0.717) is 11.4 Å². The first kappa shape index (κ1) is 16.0. The molecule has 0 spiro atoms. The van der Waals surface area contributed by atoms with Gasteiger partial charge in [0.05, 0.1) is 24.2 Å². The Morgan fingerprint density at radius 3 is 2.48 bits per heavy atom. The first-order valence-corrected chi connectivity index (χ1v) is 8.30. The lowest BCUT2D eigenvalue weighted by Gasteiger charge is -2.34. The number of carbonyl (C=O) groups excluding carboxylic acids is 1. The zero-order valence-electron chi connectivity index (χ0n) is 13.1. The molecule has 1 aliphatic rings. The van der Waals surface area contributed by atoms with E-state index in [1.807, 2.05) is 46.1 Å². The van der Waals surface area contributed by atoms with E-state index < -0.39 is 0 Å². The van der Waals surface area contributed by atoms with Crippen LogP contribution in [0.1, 0.15) is 5.56 Å². The summed E-state index contributed by atoms with van der Waals surface area (Å²) in [5.74, 6) is 0.217. The second kappa shape index (κ2) is 7.62. The highest BCUT2D eigenvalue weighted by Gasteiger charge is 2.20. The fraction of sp³-hybridized carbons (Fsp3) is 0.412. The van der Waals surface area contributed by atoms with E-state index in [-0.39, 0.29) is 5.91 Å². The number of benzene rings is 1. The summed E-state index contributed by atoms with van der Waals surface area (Å²) in [6.07, 6.45) is 3.98. The highest BCUT2D eigenvalue weighted by atomic mass is 35.5. The monoisotopic (exact) mass is 332 g/mol. The molecule has 0 radical (unpaired) electrons. The van der Waals surface area contributed by atoms with Gasteiger partial charge in [0, 0.05) is 38.9 Å². The fourth-order valence-corrected chi connectivity index (χ4v) is 2.96. The van der Waals surface area contributed by atoms with Gasteiger partial charge in [0.1, 0.15) is 0 Å². The second-order valence-corrected chi connectivity index (χ2v) is 6.24. The van der Waals surface area contributed by atoms with Crippen LogP contribution in [0.15, 0.2) is 42.7 Å². The second-order valence-electron chi connectivity index (χ2n) is 5.81. The average molecular weight is 333 g/mol. The first-order valence-electron chi connectivity index (χ1n) is 7.93. The number of hydrogen-bond acceptors (Lipinski definition) is 3. The highest BCUT2D eigenvalue weighted by Crippen LogP contribution is 2.08. The van der Waals surface area contributed by atoms with Crippen LogP contribution in [-0.2, 0) is 17.8 Å². The standard InChI is InChI=1S/C17H21ClN4O/c18-16-13-19-22(14-16)11-8-20-6-9-21(10-7-20)17(23)12-15-4-2-1-3-5-15/h1-5,13-14H,6-12H2. The minimum atomic E-state index is 0.217. The van der Waals surface area contributed by atoms with Crippen LogP contribution < -0.4 is 0 Å². The summed E-state index contributed by atoms with van der Waals surface area (Å²) in [7, 11) is 0. The van der Waals surface area contributed by atoms with Crippen molar-refractivity contribution in [3.8, 4) is 0 Å². The first-order chi connectivity index (χ1) is 11.2. The SMILES string of the molecule is O=C(Cc1ccccc1)N1CCN(CCn2cc(Cl)cn2)CC1. The van der Waals surface area contributed by atoms with Crippen LogP contribution in [0.2, 0.25) is 5.02 Å². The van der Waals surface area contributed by atoms with Crippen molar-refractivity contribution in [1.82, 2.24) is 19.6 Å². The molecule has 1 amide bonds. The summed E-state index contributed by atoms with van der Waals surface area (Å²) in [6.45, 7) is 5.17. The van der Waals surface area contributed by atoms with Crippen molar-refractivity contribution in [3.05, 3.63) is 53.3 Å². The van der Waals surface area contributed by atoms with Gasteiger partial charge in [-0.1, -0.05) is 41.9 Å². The van der Waals surface area contributed by atoms with Gasteiger partial charge in [-0.25, -0.2) is 0 Å². The Labute approximate surface area is 141 Å². The van der Waals surface area contributed by atoms with Crippen LogP contribution in [0.25, 0.3) is 0 Å². The summed E-state index contributed by atoms with van der Waals surface area (Å²) >= 11 is 5.86. The number of halogens is 1. The number of aromatic nitrogens is 2. The Balaban J connectivity index is 1.42. The van der Waals surface area contributed by atoms with Crippen LogP contribution in [0.4, 0.5) is 0 Å². The number of nitrogens with zero attached hydrogens (tertiary/aromatic N) is 4. The van der Waals surface area contributed by atoms with Gasteiger partial charge >= 0.3 is 0 Å². The van der Waals surface area contributed by atoms with Crippen molar-refractivity contribution in [3.63, 3.8) is 0 Å². The average Bonchev–Trinajstić information content (AvgIpc) is 3.00. The fourth-order valence-electron chi connectivity index (χ4n) is 2.81. The van der Waals surface area contributed by atoms with E-state index in [1.54, 1.807) is 6.20 Å². The van der Waals surface area contributed by atoms with Gasteiger partial charge in [0.2, 0.25) is 5.91 Å². The van der Waals surface area contributed by atoms with Crippen molar-refractivity contribution in [1.29, 1.82) is 0 Å². The van der Waals surface area contributed by atoms with Gasteiger partial charge in [0.25, 0.3) is 0 Å². The van der Waals surface area contributed by atoms with Crippen LogP contribution in [0, 0.1) is 0 Å². The maximum Gasteiger partial charge on any atom is 0.227 e. The van der Waals surface area contributed by atoms with E-state index in [4.69, 9.17) is 11.6 Å². The molecule has 0 N–H and O–H groups in total. The topological polar surface area (TPSA) is 41.4 Å². The van der Waals surface area contributed by atoms with Gasteiger partial charge in [-0.3, -0.25) is 14.4 Å². The lowest BCUT2D eigenvalue weighted by Crippen LogP contribution is -2.49. The Kier molecular flexibility index (Phi) is 5.31. The smallest absolute Gasteiger partial charge is 0.227 e. The van der Waals surface area contributed by atoms with Crippen LogP contribution >= 0.6 is 11.6 Å². The molecule has 3 rings (SSSR count). The molecule has 6 heteroatoms. The summed E-state index contributed by atoms with van der Waals surface area (Å²) in [6, 6.07) is 9.93. The van der Waals surface area contributed by atoms with E-state index in [1.165, 1.54) is 0 Å². The maximum atomic E-state index is 12.3. The molecule has 1 aliphatic heterocycles. The predicted molar refractivity (Wildman–Crippen MR) is 90.4 cm³/mol. The molecule has 0 atom stereocenters. The van der Waals surface area contributed by atoms with E-state index in [0.717, 1.165) is 44.8 Å². The van der Waals surface area contributed by atoms with Crippen molar-refractivity contribution < 1.29 is 4.79 Å². The zero-order valence-corrected chi connectivity index (χ0v) is 13.8. The molecule has 0 unspecified atom stereocenters. The molecule has 2 heterocycles. The number of hydrogen-bond donors (Lipinski definition) is 0. The summed E-state index contributed by atoms with van der Waals surface area (Å²) in [4.78, 5) is 16.7. The molecule has 1 fully saturated rings. The molecule has 5 nitrogen and oxygen atoms in total. The van der Waals surface area contributed by atoms with Crippen molar-refractivity contribution in [2.45, 2.75) is 13.0 Å². The van der Waals surface area contributed by atoms with Crippen molar-refractivity contribution in [2.24, 2.45) is 0 Å². The normalized spacial score (nSPS) is 15.8. The van der Waals surface area contributed by atoms with Gasteiger partial charge in [-0.2, -0.15) is 5.10 Å². The minimum absolute atomic E-state index is 0.217. The molecule has 122 valence electrons. The van der Waals surface area contributed by atoms with Gasteiger partial charge in [0.15, 0.2) is 0 Å². The number of piperazine rings is 1. The van der Waals surface area contributed by atoms with Gasteiger partial charge in [-0.15, -0.1) is 0 Å². The Morgan fingerprint density at radius 1 is 1.09 bits per heavy atom. The van der Waals surface area contributed by atoms with Crippen molar-refractivity contribution in [2.75, 3.05) is 32.7 Å². The minimum Gasteiger partial charge on any atom is -0.340 e. The van der Waals surface area contributed by atoms with E-state index >= 15 is 0 Å². The molecule has 1 saturated heterocycles. The molecule has 0 bridgehead atoms. The Morgan fingerprint density at radius 2 is 1.83 bits per heavy atom. The molecule has 1 aromatic carbocycles. The van der Waals surface area contributed by atoms with Gasteiger partial charge < -0.3 is 4.90 Å². The molecule has 0 aliphatic carbocycles. The maximum absolute atomic E-state index is 12.3. The third-order valence-electron chi connectivity index (χ3n) is 4.17. The largest absolute Gasteiger partial charge is 0.340 e. The van der Waals surface area contributed by atoms with Crippen LogP contribution in [0.5, 0.6) is 0 Å². The van der Waals surface area contributed by atoms with Crippen molar-refractivity contribution >= 4 is 17.5 Å². The zero-order chi connectivity index (χ0) is 16.1. The lowest BCUT2D eigenvalue weighted by atomic mass is 10.1. The third-order valence-corrected chi connectivity index (χ3v) is 4.37. The molecular formula is C17H21ClN4O. The van der Waals surface area contributed by atoms with Gasteiger partial charge in [-0.05, 0) is 5.56 Å². The van der Waals surface area contributed by atoms with Crippen LogP contribution in [0.3, 0.4) is 0 Å². The Hall–Kier alpha value is -1.85. The summed E-state index contributed by atoms with van der Waals surface area (Å²) in [5.41, 5.74) is 1.08. The molecular weight excluding hydrogens is 312 g/mol.